The molecule has 0 unspecified atom stereocenters. The number of aryl methyl sites for hydroxylation is 2. The SMILES string of the molecule is O=c1ccccn1CCn1ncc(I)cc1=O. The summed E-state index contributed by atoms with van der Waals surface area (Å²) in [5.74, 6) is 0. The molecule has 0 saturated heterocycles. The molecular weight excluding hydrogens is 333 g/mol. The van der Waals surface area contributed by atoms with E-state index in [1.165, 1.54) is 16.8 Å². The van der Waals surface area contributed by atoms with Crippen LogP contribution < -0.4 is 11.1 Å². The molecule has 0 aromatic carbocycles. The van der Waals surface area contributed by atoms with E-state index in [1.54, 1.807) is 29.1 Å². The minimum Gasteiger partial charge on any atom is -0.314 e. The van der Waals surface area contributed by atoms with Gasteiger partial charge in [-0.25, -0.2) is 4.68 Å². The average Bonchev–Trinajstić information content (AvgIpc) is 2.30. The van der Waals surface area contributed by atoms with E-state index in [4.69, 9.17) is 0 Å². The largest absolute Gasteiger partial charge is 0.314 e. The lowest BCUT2D eigenvalue weighted by molar-refractivity contribution is 0.501. The van der Waals surface area contributed by atoms with Crippen molar-refractivity contribution < 1.29 is 0 Å². The van der Waals surface area contributed by atoms with E-state index in [1.807, 2.05) is 22.6 Å². The molecule has 2 heterocycles. The predicted molar refractivity (Wildman–Crippen MR) is 71.9 cm³/mol. The predicted octanol–water partition coefficient (Wildman–Crippen LogP) is 0.710. The molecule has 0 aliphatic carbocycles. The molecule has 0 radical (unpaired) electrons. The summed E-state index contributed by atoms with van der Waals surface area (Å²) in [6.45, 7) is 0.826. The number of hydrogen-bond acceptors (Lipinski definition) is 3. The van der Waals surface area contributed by atoms with Crippen molar-refractivity contribution in [1.82, 2.24) is 14.3 Å². The van der Waals surface area contributed by atoms with Gasteiger partial charge < -0.3 is 4.57 Å². The first-order valence-electron chi connectivity index (χ1n) is 5.05. The lowest BCUT2D eigenvalue weighted by Gasteiger charge is -2.06. The van der Waals surface area contributed by atoms with Crippen molar-refractivity contribution in [2.24, 2.45) is 0 Å². The van der Waals surface area contributed by atoms with Crippen molar-refractivity contribution in [3.63, 3.8) is 0 Å². The Morgan fingerprint density at radius 2 is 2.00 bits per heavy atom. The quantitative estimate of drug-likeness (QED) is 0.772. The van der Waals surface area contributed by atoms with Gasteiger partial charge in [-0.05, 0) is 28.7 Å². The van der Waals surface area contributed by atoms with Gasteiger partial charge in [0.25, 0.3) is 11.1 Å². The highest BCUT2D eigenvalue weighted by Crippen LogP contribution is 1.95. The van der Waals surface area contributed by atoms with E-state index >= 15 is 0 Å². The van der Waals surface area contributed by atoms with Crippen molar-refractivity contribution in [2.45, 2.75) is 13.1 Å². The molecule has 2 aromatic rings. The smallest absolute Gasteiger partial charge is 0.267 e. The molecule has 2 aromatic heterocycles. The highest BCUT2D eigenvalue weighted by atomic mass is 127. The summed E-state index contributed by atoms with van der Waals surface area (Å²) in [5.41, 5.74) is -0.230. The maximum atomic E-state index is 11.6. The molecule has 0 fully saturated rings. The summed E-state index contributed by atoms with van der Waals surface area (Å²) in [5, 5.41) is 4.00. The Hall–Kier alpha value is -1.44. The topological polar surface area (TPSA) is 56.9 Å². The first kappa shape index (κ1) is 12.0. The minimum atomic E-state index is -0.152. The maximum Gasteiger partial charge on any atom is 0.267 e. The van der Waals surface area contributed by atoms with E-state index in [9.17, 15) is 9.59 Å². The van der Waals surface area contributed by atoms with Gasteiger partial charge in [-0.1, -0.05) is 6.07 Å². The van der Waals surface area contributed by atoms with Crippen molar-refractivity contribution in [2.75, 3.05) is 0 Å². The van der Waals surface area contributed by atoms with Crippen LogP contribution in [0.3, 0.4) is 0 Å². The third-order valence-corrected chi connectivity index (χ3v) is 2.88. The van der Waals surface area contributed by atoms with Gasteiger partial charge in [0, 0.05) is 28.4 Å². The zero-order valence-corrected chi connectivity index (χ0v) is 11.1. The van der Waals surface area contributed by atoms with Crippen molar-refractivity contribution in [3.8, 4) is 0 Å². The number of aromatic nitrogens is 3. The summed E-state index contributed by atoms with van der Waals surface area (Å²) >= 11 is 2.04. The molecule has 88 valence electrons. The second kappa shape index (κ2) is 5.26. The first-order valence-corrected chi connectivity index (χ1v) is 6.13. The lowest BCUT2D eigenvalue weighted by atomic mass is 10.4. The van der Waals surface area contributed by atoms with Gasteiger partial charge in [0.1, 0.15) is 0 Å². The molecule has 0 atom stereocenters. The van der Waals surface area contributed by atoms with Crippen LogP contribution in [0.25, 0.3) is 0 Å². The number of rotatable bonds is 3. The van der Waals surface area contributed by atoms with Gasteiger partial charge in [0.05, 0.1) is 12.7 Å². The molecule has 0 bridgehead atoms. The van der Waals surface area contributed by atoms with E-state index < -0.39 is 0 Å². The third kappa shape index (κ3) is 3.02. The van der Waals surface area contributed by atoms with Gasteiger partial charge in [0.2, 0.25) is 0 Å². The Morgan fingerprint density at radius 3 is 2.71 bits per heavy atom. The van der Waals surface area contributed by atoms with Gasteiger partial charge in [-0.15, -0.1) is 0 Å². The number of hydrogen-bond donors (Lipinski definition) is 0. The molecule has 5 nitrogen and oxygen atoms in total. The monoisotopic (exact) mass is 343 g/mol. The molecule has 0 amide bonds. The van der Waals surface area contributed by atoms with Crippen LogP contribution in [0.15, 0.2) is 46.2 Å². The highest BCUT2D eigenvalue weighted by Gasteiger charge is 1.99. The normalized spacial score (nSPS) is 10.4. The van der Waals surface area contributed by atoms with Crippen molar-refractivity contribution in [3.05, 3.63) is 60.9 Å². The Bertz CT molecular complexity index is 633. The summed E-state index contributed by atoms with van der Waals surface area (Å²) in [6, 6.07) is 6.48. The average molecular weight is 343 g/mol. The van der Waals surface area contributed by atoms with Crippen LogP contribution in [0, 0.1) is 3.57 Å². The molecule has 6 heteroatoms. The van der Waals surface area contributed by atoms with E-state index in [0.717, 1.165) is 3.57 Å². The fraction of sp³-hybridized carbons (Fsp3) is 0.182. The van der Waals surface area contributed by atoms with Gasteiger partial charge in [-0.2, -0.15) is 5.10 Å². The second-order valence-corrected chi connectivity index (χ2v) is 4.71. The lowest BCUT2D eigenvalue weighted by Crippen LogP contribution is -2.27. The first-order chi connectivity index (χ1) is 8.16. The maximum absolute atomic E-state index is 11.6. The minimum absolute atomic E-state index is 0.0777. The van der Waals surface area contributed by atoms with Crippen LogP contribution in [-0.2, 0) is 13.1 Å². The third-order valence-electron chi connectivity index (χ3n) is 2.29. The molecule has 17 heavy (non-hydrogen) atoms. The number of pyridine rings is 1. The van der Waals surface area contributed by atoms with Gasteiger partial charge >= 0.3 is 0 Å². The van der Waals surface area contributed by atoms with Crippen LogP contribution in [0.5, 0.6) is 0 Å². The zero-order chi connectivity index (χ0) is 12.3. The molecule has 0 aliphatic rings. The van der Waals surface area contributed by atoms with E-state index in [2.05, 4.69) is 5.10 Å². The molecule has 0 saturated carbocycles. The van der Waals surface area contributed by atoms with E-state index in [0.29, 0.717) is 13.1 Å². The zero-order valence-electron chi connectivity index (χ0n) is 8.91. The van der Waals surface area contributed by atoms with Gasteiger partial charge in [-0.3, -0.25) is 9.59 Å². The Morgan fingerprint density at radius 1 is 1.18 bits per heavy atom. The molecular formula is C11H10IN3O2. The summed E-state index contributed by atoms with van der Waals surface area (Å²) in [7, 11) is 0. The molecule has 0 aliphatic heterocycles. The molecule has 0 spiro atoms. The molecule has 2 rings (SSSR count). The summed E-state index contributed by atoms with van der Waals surface area (Å²) < 4.78 is 3.70. The highest BCUT2D eigenvalue weighted by molar-refractivity contribution is 14.1. The van der Waals surface area contributed by atoms with Crippen LogP contribution in [0.4, 0.5) is 0 Å². The Labute approximate surface area is 111 Å². The van der Waals surface area contributed by atoms with Gasteiger partial charge in [0.15, 0.2) is 0 Å². The van der Waals surface area contributed by atoms with Crippen LogP contribution >= 0.6 is 22.6 Å². The van der Waals surface area contributed by atoms with Crippen LogP contribution in [0.2, 0.25) is 0 Å². The van der Waals surface area contributed by atoms with Crippen molar-refractivity contribution >= 4 is 22.6 Å². The molecule has 0 N–H and O–H groups in total. The fourth-order valence-electron chi connectivity index (χ4n) is 1.43. The Kier molecular flexibility index (Phi) is 3.72. The second-order valence-electron chi connectivity index (χ2n) is 3.47. The standard InChI is InChI=1S/C11H10IN3O2/c12-9-7-11(17)15(13-8-9)6-5-14-4-2-1-3-10(14)16/h1-4,7-8H,5-6H2. The number of halogens is 1. The van der Waals surface area contributed by atoms with Crippen molar-refractivity contribution in [1.29, 1.82) is 0 Å². The fourth-order valence-corrected chi connectivity index (χ4v) is 1.82. The number of nitrogens with zero attached hydrogens (tertiary/aromatic N) is 3. The Balaban J connectivity index is 2.16. The summed E-state index contributed by atoms with van der Waals surface area (Å²) in [4.78, 5) is 23.0. The van der Waals surface area contributed by atoms with Crippen LogP contribution in [0.1, 0.15) is 0 Å². The van der Waals surface area contributed by atoms with Crippen LogP contribution in [-0.4, -0.2) is 14.3 Å². The summed E-state index contributed by atoms with van der Waals surface area (Å²) in [6.07, 6.45) is 3.32. The van der Waals surface area contributed by atoms with E-state index in [-0.39, 0.29) is 11.1 Å².